The molecule has 0 aliphatic heterocycles. The van der Waals surface area contributed by atoms with Crippen LogP contribution >= 0.6 is 24.4 Å². The van der Waals surface area contributed by atoms with Crippen LogP contribution in [0.25, 0.3) is 0 Å². The van der Waals surface area contributed by atoms with Crippen molar-refractivity contribution in [3.8, 4) is 11.5 Å². The molecule has 138 valence electrons. The molecule has 3 aromatic rings. The number of hydrogen-bond acceptors (Lipinski definition) is 6. The molecule has 0 amide bonds. The van der Waals surface area contributed by atoms with Gasteiger partial charge in [-0.3, -0.25) is 10.2 Å². The van der Waals surface area contributed by atoms with Crippen LogP contribution in [0.3, 0.4) is 0 Å². The van der Waals surface area contributed by atoms with E-state index in [9.17, 15) is 9.18 Å². The van der Waals surface area contributed by atoms with Crippen molar-refractivity contribution in [1.29, 1.82) is 0 Å². The number of benzene rings is 2. The van der Waals surface area contributed by atoms with Crippen LogP contribution in [0.5, 0.6) is 11.5 Å². The molecule has 0 unspecified atom stereocenters. The molecule has 0 saturated heterocycles. The van der Waals surface area contributed by atoms with E-state index in [2.05, 4.69) is 15.3 Å². The number of aromatic amines is 2. The average Bonchev–Trinajstić information content (AvgIpc) is 2.99. The Morgan fingerprint density at radius 1 is 1.11 bits per heavy atom. The van der Waals surface area contributed by atoms with E-state index in [-0.39, 0.29) is 11.3 Å². The first-order valence-electron chi connectivity index (χ1n) is 7.58. The molecule has 3 rings (SSSR count). The van der Waals surface area contributed by atoms with E-state index in [0.29, 0.717) is 20.9 Å². The molecular formula is C17H13FN4O3S2. The Hall–Kier alpha value is -3.11. The van der Waals surface area contributed by atoms with E-state index >= 15 is 0 Å². The molecule has 0 aliphatic carbocycles. The second-order valence-electron chi connectivity index (χ2n) is 5.22. The zero-order valence-corrected chi connectivity index (χ0v) is 15.6. The van der Waals surface area contributed by atoms with Gasteiger partial charge in [-0.25, -0.2) is 9.18 Å². The van der Waals surface area contributed by atoms with E-state index in [4.69, 9.17) is 33.9 Å². The van der Waals surface area contributed by atoms with Gasteiger partial charge < -0.3 is 9.47 Å². The molecule has 0 spiro atoms. The second-order valence-corrected chi connectivity index (χ2v) is 6.00. The van der Waals surface area contributed by atoms with E-state index in [1.54, 1.807) is 18.2 Å². The van der Waals surface area contributed by atoms with Gasteiger partial charge in [-0.05, 0) is 72.5 Å². The van der Waals surface area contributed by atoms with Gasteiger partial charge in [0.05, 0.1) is 18.9 Å². The fourth-order valence-corrected chi connectivity index (χ4v) is 2.56. The number of rotatable bonds is 5. The minimum Gasteiger partial charge on any atom is -0.493 e. The normalized spacial score (nSPS) is 10.9. The number of H-pyrrole nitrogens is 2. The van der Waals surface area contributed by atoms with Crippen molar-refractivity contribution in [2.45, 2.75) is 0 Å². The van der Waals surface area contributed by atoms with Crippen LogP contribution in [0.1, 0.15) is 15.9 Å². The van der Waals surface area contributed by atoms with Crippen LogP contribution < -0.4 is 9.47 Å². The number of halogens is 1. The molecule has 0 atom stereocenters. The van der Waals surface area contributed by atoms with Crippen LogP contribution in [0.2, 0.25) is 0 Å². The maximum atomic E-state index is 13.0. The first-order chi connectivity index (χ1) is 13.0. The van der Waals surface area contributed by atoms with Crippen molar-refractivity contribution in [3.05, 3.63) is 69.0 Å². The van der Waals surface area contributed by atoms with E-state index in [1.165, 1.54) is 42.3 Å². The summed E-state index contributed by atoms with van der Waals surface area (Å²) >= 11 is 10.1. The predicted octanol–water partition coefficient (Wildman–Crippen LogP) is 3.85. The third-order valence-electron chi connectivity index (χ3n) is 3.45. The lowest BCUT2D eigenvalue weighted by Gasteiger charge is -2.10. The molecule has 27 heavy (non-hydrogen) atoms. The summed E-state index contributed by atoms with van der Waals surface area (Å²) < 4.78 is 25.6. The third kappa shape index (κ3) is 4.36. The predicted molar refractivity (Wildman–Crippen MR) is 102 cm³/mol. The summed E-state index contributed by atoms with van der Waals surface area (Å²) in [5.74, 6) is -0.508. The van der Waals surface area contributed by atoms with Gasteiger partial charge in [0.15, 0.2) is 11.5 Å². The van der Waals surface area contributed by atoms with Gasteiger partial charge in [-0.1, -0.05) is 0 Å². The zero-order valence-electron chi connectivity index (χ0n) is 13.9. The van der Waals surface area contributed by atoms with Gasteiger partial charge in [0, 0.05) is 0 Å². The van der Waals surface area contributed by atoms with Crippen LogP contribution in [-0.2, 0) is 0 Å². The fraction of sp³-hybridized carbons (Fsp3) is 0.0588. The number of methoxy groups -OCH3 is 1. The first-order valence-corrected chi connectivity index (χ1v) is 8.39. The molecule has 0 fully saturated rings. The number of hydrogen-bond donors (Lipinski definition) is 2. The quantitative estimate of drug-likeness (QED) is 0.292. The van der Waals surface area contributed by atoms with Crippen molar-refractivity contribution >= 4 is 36.6 Å². The fourth-order valence-electron chi connectivity index (χ4n) is 2.13. The number of nitrogens with zero attached hydrogens (tertiary/aromatic N) is 2. The minimum absolute atomic E-state index is 0.222. The Morgan fingerprint density at radius 2 is 1.78 bits per heavy atom. The van der Waals surface area contributed by atoms with E-state index in [0.717, 1.165) is 0 Å². The molecule has 0 saturated carbocycles. The second kappa shape index (κ2) is 8.06. The van der Waals surface area contributed by atoms with Gasteiger partial charge in [-0.15, -0.1) is 0 Å². The highest BCUT2D eigenvalue weighted by molar-refractivity contribution is 7.72. The van der Waals surface area contributed by atoms with E-state index < -0.39 is 11.8 Å². The molecule has 0 aliphatic rings. The Balaban J connectivity index is 1.82. The lowest BCUT2D eigenvalue weighted by molar-refractivity contribution is 0.0729. The molecular weight excluding hydrogens is 391 g/mol. The zero-order chi connectivity index (χ0) is 19.4. The van der Waals surface area contributed by atoms with Crippen LogP contribution in [0.15, 0.2) is 47.6 Å². The number of nitrogens with one attached hydrogen (secondary N) is 2. The van der Waals surface area contributed by atoms with Crippen LogP contribution in [-0.4, -0.2) is 34.2 Å². The summed E-state index contributed by atoms with van der Waals surface area (Å²) in [4.78, 5) is 12.2. The highest BCUT2D eigenvalue weighted by atomic mass is 32.1. The maximum absolute atomic E-state index is 13.0. The summed E-state index contributed by atoms with van der Waals surface area (Å²) in [7, 11) is 1.45. The van der Waals surface area contributed by atoms with Gasteiger partial charge >= 0.3 is 5.97 Å². The Morgan fingerprint density at radius 3 is 2.41 bits per heavy atom. The molecule has 0 radical (unpaired) electrons. The SMILES string of the molecule is COc1cc(/C=N\n2c(=S)[nH][nH]c2=S)ccc1OC(=O)c1ccc(F)cc1. The average molecular weight is 404 g/mol. The van der Waals surface area contributed by atoms with Crippen molar-refractivity contribution in [3.63, 3.8) is 0 Å². The Kier molecular flexibility index (Phi) is 5.57. The van der Waals surface area contributed by atoms with Gasteiger partial charge in [0.25, 0.3) is 0 Å². The first kappa shape index (κ1) is 18.7. The number of ether oxygens (including phenoxy) is 2. The topological polar surface area (TPSA) is 84.4 Å². The summed E-state index contributed by atoms with van der Waals surface area (Å²) in [5, 5.41) is 9.53. The van der Waals surface area contributed by atoms with Gasteiger partial charge in [-0.2, -0.15) is 9.78 Å². The monoisotopic (exact) mass is 404 g/mol. The Bertz CT molecular complexity index is 1090. The van der Waals surface area contributed by atoms with Crippen LogP contribution in [0, 0.1) is 15.4 Å². The molecule has 1 aromatic heterocycles. The number of carbonyl (C=O) groups is 1. The lowest BCUT2D eigenvalue weighted by Crippen LogP contribution is -2.09. The minimum atomic E-state index is -0.625. The number of aromatic nitrogens is 3. The van der Waals surface area contributed by atoms with Crippen molar-refractivity contribution in [1.82, 2.24) is 14.9 Å². The van der Waals surface area contributed by atoms with E-state index in [1.807, 2.05) is 0 Å². The van der Waals surface area contributed by atoms with Crippen molar-refractivity contribution in [2.75, 3.05) is 7.11 Å². The van der Waals surface area contributed by atoms with Crippen LogP contribution in [0.4, 0.5) is 4.39 Å². The highest BCUT2D eigenvalue weighted by Crippen LogP contribution is 2.28. The Labute approximate surface area is 163 Å². The van der Waals surface area contributed by atoms with Crippen molar-refractivity contribution in [2.24, 2.45) is 5.10 Å². The summed E-state index contributed by atoms with van der Waals surface area (Å²) in [5.41, 5.74) is 0.895. The van der Waals surface area contributed by atoms with Gasteiger partial charge in [0.2, 0.25) is 9.54 Å². The highest BCUT2D eigenvalue weighted by Gasteiger charge is 2.13. The summed E-state index contributed by atoms with van der Waals surface area (Å²) in [6.45, 7) is 0. The molecule has 2 aromatic carbocycles. The molecule has 0 bridgehead atoms. The van der Waals surface area contributed by atoms with Gasteiger partial charge in [0.1, 0.15) is 5.82 Å². The molecule has 1 heterocycles. The summed E-state index contributed by atoms with van der Waals surface area (Å²) in [6, 6.07) is 9.94. The molecule has 2 N–H and O–H groups in total. The molecule has 10 heteroatoms. The van der Waals surface area contributed by atoms with Crippen molar-refractivity contribution < 1.29 is 18.7 Å². The largest absolute Gasteiger partial charge is 0.493 e. The number of esters is 1. The standard InChI is InChI=1S/C17H13FN4O3S2/c1-24-14-8-10(9-19-22-16(26)20-21-17(22)27)2-7-13(14)25-15(23)11-3-5-12(18)6-4-11/h2-9H,1H3,(H,20,26)(H,21,27)/b19-9-. The summed E-state index contributed by atoms with van der Waals surface area (Å²) in [6.07, 6.45) is 1.53. The number of carbonyl (C=O) groups excluding carboxylic acids is 1. The third-order valence-corrected chi connectivity index (χ3v) is 4.00. The maximum Gasteiger partial charge on any atom is 0.343 e. The lowest BCUT2D eigenvalue weighted by atomic mass is 10.2. The molecule has 7 nitrogen and oxygen atoms in total. The smallest absolute Gasteiger partial charge is 0.343 e.